The van der Waals surface area contributed by atoms with Gasteiger partial charge in [-0.05, 0) is 18.6 Å². The molecule has 0 amide bonds. The number of sulfonamides is 1. The average molecular weight is 386 g/mol. The number of carboxylic acids is 1. The number of aliphatic carboxylic acids is 1. The van der Waals surface area contributed by atoms with E-state index < -0.39 is 16.0 Å². The second kappa shape index (κ2) is 7.73. The Balaban J connectivity index is 2.12. The molecule has 0 aliphatic rings. The molecule has 0 bridgehead atoms. The van der Waals surface area contributed by atoms with Crippen LogP contribution in [0.4, 0.5) is 0 Å². The summed E-state index contributed by atoms with van der Waals surface area (Å²) in [6.45, 7) is 0. The van der Waals surface area contributed by atoms with Gasteiger partial charge in [-0.2, -0.15) is 0 Å². The molecule has 27 heavy (non-hydrogen) atoms. The monoisotopic (exact) mass is 386 g/mol. The number of aryl methyl sites for hydroxylation is 1. The highest BCUT2D eigenvalue weighted by Crippen LogP contribution is 2.36. The number of primary sulfonamides is 1. The summed E-state index contributed by atoms with van der Waals surface area (Å²) in [4.78, 5) is 15.1. The molecule has 0 unspecified atom stereocenters. The van der Waals surface area contributed by atoms with Crippen LogP contribution in [0.2, 0.25) is 0 Å². The molecule has 0 aliphatic carbocycles. The summed E-state index contributed by atoms with van der Waals surface area (Å²) >= 11 is 0. The number of hydrogen-bond donors (Lipinski definition) is 2. The highest BCUT2D eigenvalue weighted by Gasteiger charge is 2.23. The molecule has 0 saturated carbocycles. The molecule has 1 heterocycles. The first kappa shape index (κ1) is 18.8. The molecular formula is C19H18N2O5S. The predicted octanol–water partition coefficient (Wildman–Crippen LogP) is 3.06. The van der Waals surface area contributed by atoms with Crippen molar-refractivity contribution in [2.75, 3.05) is 0 Å². The minimum absolute atomic E-state index is 0.00779. The third kappa shape index (κ3) is 4.42. The van der Waals surface area contributed by atoms with Crippen molar-refractivity contribution in [3.05, 3.63) is 60.5 Å². The Morgan fingerprint density at radius 2 is 1.74 bits per heavy atom. The molecule has 3 N–H and O–H groups in total. The van der Waals surface area contributed by atoms with Gasteiger partial charge in [-0.3, -0.25) is 4.79 Å². The number of benzene rings is 2. The van der Waals surface area contributed by atoms with Crippen LogP contribution >= 0.6 is 0 Å². The van der Waals surface area contributed by atoms with E-state index in [1.807, 2.05) is 30.3 Å². The van der Waals surface area contributed by atoms with Gasteiger partial charge in [0.25, 0.3) is 0 Å². The van der Waals surface area contributed by atoms with E-state index in [4.69, 9.17) is 14.7 Å². The number of nitrogens with zero attached hydrogens (tertiary/aromatic N) is 1. The molecule has 140 valence electrons. The molecule has 0 aliphatic heterocycles. The number of rotatable bonds is 7. The molecular weight excluding hydrogens is 368 g/mol. The van der Waals surface area contributed by atoms with Crippen LogP contribution < -0.4 is 5.14 Å². The van der Waals surface area contributed by atoms with Gasteiger partial charge in [0.15, 0.2) is 11.7 Å². The Morgan fingerprint density at radius 1 is 1.07 bits per heavy atom. The van der Waals surface area contributed by atoms with Gasteiger partial charge in [-0.1, -0.05) is 42.5 Å². The lowest BCUT2D eigenvalue weighted by atomic mass is 10.1. The van der Waals surface area contributed by atoms with Crippen molar-refractivity contribution in [1.29, 1.82) is 0 Å². The van der Waals surface area contributed by atoms with Crippen LogP contribution in [-0.2, 0) is 21.2 Å². The minimum atomic E-state index is -3.96. The maximum Gasteiger partial charge on any atom is 0.303 e. The standard InChI is InChI=1S/C19H18N2O5S/c20-27(24,25)15-10-5-4-9-14(15)19-18(13-7-2-1-3-8-13)21-16(26-19)11-6-12-17(22)23/h1-5,7-10H,6,11-12H2,(H,22,23)(H2,20,24,25). The molecule has 0 spiro atoms. The van der Waals surface area contributed by atoms with Crippen molar-refractivity contribution >= 4 is 16.0 Å². The maximum absolute atomic E-state index is 12.0. The number of nitrogens with two attached hydrogens (primary N) is 1. The molecule has 7 nitrogen and oxygen atoms in total. The molecule has 2 aromatic carbocycles. The molecule has 1 aromatic heterocycles. The van der Waals surface area contributed by atoms with Crippen LogP contribution in [-0.4, -0.2) is 24.5 Å². The number of oxazole rings is 1. The second-order valence-electron chi connectivity index (χ2n) is 5.94. The lowest BCUT2D eigenvalue weighted by molar-refractivity contribution is -0.137. The van der Waals surface area contributed by atoms with Crippen molar-refractivity contribution in [2.45, 2.75) is 24.2 Å². The Labute approximate surface area is 156 Å². The Morgan fingerprint density at radius 3 is 2.41 bits per heavy atom. The van der Waals surface area contributed by atoms with Gasteiger partial charge < -0.3 is 9.52 Å². The SMILES string of the molecule is NS(=O)(=O)c1ccccc1-c1oc(CCCC(=O)O)nc1-c1ccccc1. The van der Waals surface area contributed by atoms with Gasteiger partial charge >= 0.3 is 5.97 Å². The molecule has 0 fully saturated rings. The van der Waals surface area contributed by atoms with Crippen LogP contribution in [0.25, 0.3) is 22.6 Å². The highest BCUT2D eigenvalue weighted by atomic mass is 32.2. The third-order valence-electron chi connectivity index (χ3n) is 3.94. The number of hydrogen-bond acceptors (Lipinski definition) is 5. The van der Waals surface area contributed by atoms with E-state index in [-0.39, 0.29) is 17.1 Å². The number of aromatic nitrogens is 1. The van der Waals surface area contributed by atoms with Crippen molar-refractivity contribution in [2.24, 2.45) is 5.14 Å². The molecule has 0 saturated heterocycles. The Kier molecular flexibility index (Phi) is 5.38. The molecule has 3 aromatic rings. The first-order valence-electron chi connectivity index (χ1n) is 8.25. The lowest BCUT2D eigenvalue weighted by Crippen LogP contribution is -2.13. The van der Waals surface area contributed by atoms with Crippen LogP contribution in [0.15, 0.2) is 63.9 Å². The first-order chi connectivity index (χ1) is 12.9. The van der Waals surface area contributed by atoms with E-state index in [9.17, 15) is 13.2 Å². The van der Waals surface area contributed by atoms with E-state index in [0.29, 0.717) is 30.0 Å². The lowest BCUT2D eigenvalue weighted by Gasteiger charge is -2.06. The zero-order valence-corrected chi connectivity index (χ0v) is 15.1. The summed E-state index contributed by atoms with van der Waals surface area (Å²) in [5.41, 5.74) is 1.55. The van der Waals surface area contributed by atoms with Gasteiger partial charge in [0.1, 0.15) is 5.69 Å². The van der Waals surface area contributed by atoms with Crippen LogP contribution in [0, 0.1) is 0 Å². The Hall–Kier alpha value is -2.97. The first-order valence-corrected chi connectivity index (χ1v) is 9.80. The van der Waals surface area contributed by atoms with E-state index >= 15 is 0 Å². The summed E-state index contributed by atoms with van der Waals surface area (Å²) < 4.78 is 29.8. The smallest absolute Gasteiger partial charge is 0.303 e. The zero-order valence-electron chi connectivity index (χ0n) is 14.3. The second-order valence-corrected chi connectivity index (χ2v) is 7.47. The van der Waals surface area contributed by atoms with Crippen LogP contribution in [0.5, 0.6) is 0 Å². The van der Waals surface area contributed by atoms with Crippen LogP contribution in [0.3, 0.4) is 0 Å². The molecule has 8 heteroatoms. The fourth-order valence-corrected chi connectivity index (χ4v) is 3.47. The fraction of sp³-hybridized carbons (Fsp3) is 0.158. The van der Waals surface area contributed by atoms with Crippen LogP contribution in [0.1, 0.15) is 18.7 Å². The van der Waals surface area contributed by atoms with E-state index in [1.165, 1.54) is 6.07 Å². The molecule has 0 atom stereocenters. The summed E-state index contributed by atoms with van der Waals surface area (Å²) in [5.74, 6) is -0.268. The average Bonchev–Trinajstić information content (AvgIpc) is 3.05. The van der Waals surface area contributed by atoms with Crippen molar-refractivity contribution in [1.82, 2.24) is 4.98 Å². The third-order valence-corrected chi connectivity index (χ3v) is 4.91. The van der Waals surface area contributed by atoms with E-state index in [2.05, 4.69) is 4.98 Å². The van der Waals surface area contributed by atoms with E-state index in [1.54, 1.807) is 18.2 Å². The van der Waals surface area contributed by atoms with Gasteiger partial charge in [-0.15, -0.1) is 0 Å². The minimum Gasteiger partial charge on any atom is -0.481 e. The summed E-state index contributed by atoms with van der Waals surface area (Å²) in [6, 6.07) is 15.5. The maximum atomic E-state index is 12.0. The predicted molar refractivity (Wildman–Crippen MR) is 99.3 cm³/mol. The molecule has 3 rings (SSSR count). The Bertz CT molecular complexity index is 1060. The van der Waals surface area contributed by atoms with Gasteiger partial charge in [-0.25, -0.2) is 18.5 Å². The summed E-state index contributed by atoms with van der Waals surface area (Å²) in [7, 11) is -3.96. The van der Waals surface area contributed by atoms with Crippen molar-refractivity contribution in [3.8, 4) is 22.6 Å². The topological polar surface area (TPSA) is 123 Å². The molecule has 0 radical (unpaired) electrons. The normalized spacial score (nSPS) is 11.4. The van der Waals surface area contributed by atoms with Gasteiger partial charge in [0.05, 0.1) is 4.90 Å². The van der Waals surface area contributed by atoms with E-state index in [0.717, 1.165) is 5.56 Å². The number of carbonyl (C=O) groups is 1. The van der Waals surface area contributed by atoms with Gasteiger partial charge in [0, 0.05) is 24.0 Å². The largest absolute Gasteiger partial charge is 0.481 e. The van der Waals surface area contributed by atoms with Gasteiger partial charge in [0.2, 0.25) is 10.0 Å². The number of carboxylic acid groups (broad SMARTS) is 1. The summed E-state index contributed by atoms with van der Waals surface area (Å²) in [6.07, 6.45) is 0.677. The quantitative estimate of drug-likeness (QED) is 0.643. The van der Waals surface area contributed by atoms with Crippen molar-refractivity contribution < 1.29 is 22.7 Å². The zero-order chi connectivity index (χ0) is 19.4. The summed E-state index contributed by atoms with van der Waals surface area (Å²) in [5, 5.41) is 14.2. The highest BCUT2D eigenvalue weighted by molar-refractivity contribution is 7.89. The van der Waals surface area contributed by atoms with Crippen molar-refractivity contribution in [3.63, 3.8) is 0 Å². The fourth-order valence-electron chi connectivity index (χ4n) is 2.74.